The van der Waals surface area contributed by atoms with E-state index < -0.39 is 0 Å². The van der Waals surface area contributed by atoms with Crippen LogP contribution in [0.1, 0.15) is 45.2 Å². The average Bonchev–Trinajstić information content (AvgIpc) is 2.83. The lowest BCUT2D eigenvalue weighted by molar-refractivity contribution is 0.0953. The lowest BCUT2D eigenvalue weighted by Crippen LogP contribution is -2.56. The second-order valence-corrected chi connectivity index (χ2v) is 7.09. The number of thiazole rings is 1. The van der Waals surface area contributed by atoms with Crippen LogP contribution in [0.2, 0.25) is 0 Å². The maximum Gasteiger partial charge on any atom is 0.110 e. The Kier molecular flexibility index (Phi) is 4.41. The summed E-state index contributed by atoms with van der Waals surface area (Å²) in [6.45, 7) is 12.6. The van der Waals surface area contributed by atoms with Gasteiger partial charge in [-0.15, -0.1) is 11.3 Å². The van der Waals surface area contributed by atoms with Gasteiger partial charge in [0.2, 0.25) is 0 Å². The maximum absolute atomic E-state index is 4.51. The van der Waals surface area contributed by atoms with Crippen LogP contribution in [0.4, 0.5) is 0 Å². The molecule has 1 fully saturated rings. The third-order valence-corrected chi connectivity index (χ3v) is 4.69. The Bertz CT molecular complexity index is 356. The summed E-state index contributed by atoms with van der Waals surface area (Å²) in [5.41, 5.74) is 0.319. The van der Waals surface area contributed by atoms with Gasteiger partial charge in [-0.3, -0.25) is 4.90 Å². The van der Waals surface area contributed by atoms with Gasteiger partial charge in [0.1, 0.15) is 5.01 Å². The van der Waals surface area contributed by atoms with Crippen LogP contribution in [0.25, 0.3) is 0 Å². The molecule has 4 heteroatoms. The number of nitrogens with zero attached hydrogens (tertiary/aromatic N) is 2. The number of aromatic nitrogens is 1. The summed E-state index contributed by atoms with van der Waals surface area (Å²) in [5.74, 6) is 0. The molecule has 0 radical (unpaired) electrons. The van der Waals surface area contributed by atoms with Crippen molar-refractivity contribution in [2.75, 3.05) is 19.6 Å². The van der Waals surface area contributed by atoms with Gasteiger partial charge in [-0.05, 0) is 11.8 Å². The fourth-order valence-corrected chi connectivity index (χ4v) is 3.48. The van der Waals surface area contributed by atoms with Crippen LogP contribution in [0.3, 0.4) is 0 Å². The highest BCUT2D eigenvalue weighted by Gasteiger charge is 2.32. The highest BCUT2D eigenvalue weighted by atomic mass is 32.1. The van der Waals surface area contributed by atoms with Gasteiger partial charge < -0.3 is 5.32 Å². The van der Waals surface area contributed by atoms with Crippen molar-refractivity contribution < 1.29 is 0 Å². The molecule has 2 unspecified atom stereocenters. The van der Waals surface area contributed by atoms with Crippen LogP contribution >= 0.6 is 11.3 Å². The van der Waals surface area contributed by atoms with Crippen molar-refractivity contribution in [2.45, 2.75) is 46.2 Å². The van der Waals surface area contributed by atoms with Gasteiger partial charge in [-0.2, -0.15) is 0 Å². The van der Waals surface area contributed by atoms with Crippen molar-refractivity contribution in [3.63, 3.8) is 0 Å². The van der Waals surface area contributed by atoms with Gasteiger partial charge in [0, 0.05) is 37.3 Å². The zero-order chi connectivity index (χ0) is 13.2. The lowest BCUT2D eigenvalue weighted by atomic mass is 9.85. The summed E-state index contributed by atoms with van der Waals surface area (Å²) in [4.78, 5) is 7.11. The smallest absolute Gasteiger partial charge is 0.110 e. The topological polar surface area (TPSA) is 28.2 Å². The minimum absolute atomic E-state index is 0.319. The molecular weight excluding hydrogens is 242 g/mol. The van der Waals surface area contributed by atoms with Crippen molar-refractivity contribution in [1.29, 1.82) is 0 Å². The summed E-state index contributed by atoms with van der Waals surface area (Å²) in [6, 6.07) is 1.07. The molecule has 0 amide bonds. The maximum atomic E-state index is 4.51. The number of hydrogen-bond acceptors (Lipinski definition) is 4. The van der Waals surface area contributed by atoms with Gasteiger partial charge in [-0.1, -0.05) is 27.7 Å². The molecule has 0 bridgehead atoms. The Labute approximate surface area is 115 Å². The molecule has 1 saturated heterocycles. The number of piperazine rings is 1. The van der Waals surface area contributed by atoms with Crippen LogP contribution in [0.15, 0.2) is 11.6 Å². The van der Waals surface area contributed by atoms with E-state index in [-0.39, 0.29) is 0 Å². The van der Waals surface area contributed by atoms with E-state index in [9.17, 15) is 0 Å². The molecule has 18 heavy (non-hydrogen) atoms. The first-order valence-corrected chi connectivity index (χ1v) is 7.77. The molecule has 2 rings (SSSR count). The van der Waals surface area contributed by atoms with Gasteiger partial charge in [0.15, 0.2) is 0 Å². The van der Waals surface area contributed by atoms with Crippen molar-refractivity contribution in [1.82, 2.24) is 15.2 Å². The van der Waals surface area contributed by atoms with Crippen LogP contribution in [0, 0.1) is 5.41 Å². The Balaban J connectivity index is 2.08. The summed E-state index contributed by atoms with van der Waals surface area (Å²) in [5, 5.41) is 7.01. The van der Waals surface area contributed by atoms with Crippen molar-refractivity contribution in [2.24, 2.45) is 5.41 Å². The van der Waals surface area contributed by atoms with Crippen molar-refractivity contribution in [3.8, 4) is 0 Å². The van der Waals surface area contributed by atoms with Crippen LogP contribution in [0.5, 0.6) is 0 Å². The third-order valence-electron chi connectivity index (χ3n) is 3.82. The predicted octanol–water partition coefficient (Wildman–Crippen LogP) is 2.91. The van der Waals surface area contributed by atoms with Gasteiger partial charge in [0.25, 0.3) is 0 Å². The highest BCUT2D eigenvalue weighted by molar-refractivity contribution is 7.09. The number of rotatable bonds is 3. The molecule has 1 N–H and O–H groups in total. The minimum atomic E-state index is 0.319. The predicted molar refractivity (Wildman–Crippen MR) is 78.0 cm³/mol. The van der Waals surface area contributed by atoms with E-state index in [2.05, 4.69) is 48.3 Å². The van der Waals surface area contributed by atoms with E-state index in [1.165, 1.54) is 5.01 Å². The Morgan fingerprint density at radius 1 is 1.56 bits per heavy atom. The number of nitrogens with one attached hydrogen (secondary N) is 1. The highest BCUT2D eigenvalue weighted by Crippen LogP contribution is 2.30. The first-order chi connectivity index (χ1) is 8.52. The molecule has 2 heterocycles. The summed E-state index contributed by atoms with van der Waals surface area (Å²) in [7, 11) is 0. The zero-order valence-corrected chi connectivity index (χ0v) is 12.8. The molecule has 0 saturated carbocycles. The minimum Gasteiger partial charge on any atom is -0.311 e. The summed E-state index contributed by atoms with van der Waals surface area (Å²) < 4.78 is 0. The first-order valence-electron chi connectivity index (χ1n) is 6.89. The van der Waals surface area contributed by atoms with Gasteiger partial charge in [0.05, 0.1) is 6.04 Å². The second kappa shape index (κ2) is 5.68. The monoisotopic (exact) mass is 267 g/mol. The fourth-order valence-electron chi connectivity index (χ4n) is 2.62. The molecular formula is C14H25N3S. The zero-order valence-electron chi connectivity index (χ0n) is 11.9. The van der Waals surface area contributed by atoms with E-state index in [0.717, 1.165) is 26.1 Å². The van der Waals surface area contributed by atoms with Crippen molar-refractivity contribution in [3.05, 3.63) is 16.6 Å². The average molecular weight is 267 g/mol. The van der Waals surface area contributed by atoms with E-state index in [1.807, 2.05) is 6.20 Å². The van der Waals surface area contributed by atoms with Crippen LogP contribution in [-0.2, 0) is 0 Å². The van der Waals surface area contributed by atoms with Gasteiger partial charge in [-0.25, -0.2) is 4.98 Å². The Morgan fingerprint density at radius 2 is 2.33 bits per heavy atom. The standard InChI is InChI=1S/C14H25N3S/c1-5-11(13-16-7-9-18-13)17-8-6-15-12(10-17)14(2,3)4/h7,9,11-12,15H,5-6,8,10H2,1-4H3. The van der Waals surface area contributed by atoms with Gasteiger partial charge >= 0.3 is 0 Å². The molecule has 0 aromatic carbocycles. The molecule has 1 aliphatic rings. The Morgan fingerprint density at radius 3 is 2.89 bits per heavy atom. The SMILES string of the molecule is CCC(c1nccs1)N1CCNC(C(C)(C)C)C1. The molecule has 3 nitrogen and oxygen atoms in total. The molecule has 0 spiro atoms. The van der Waals surface area contributed by atoms with E-state index in [0.29, 0.717) is 17.5 Å². The largest absolute Gasteiger partial charge is 0.311 e. The Hall–Kier alpha value is -0.450. The number of hydrogen-bond donors (Lipinski definition) is 1. The molecule has 102 valence electrons. The van der Waals surface area contributed by atoms with Crippen LogP contribution < -0.4 is 5.32 Å². The second-order valence-electron chi connectivity index (χ2n) is 6.16. The van der Waals surface area contributed by atoms with Crippen LogP contribution in [-0.4, -0.2) is 35.6 Å². The van der Waals surface area contributed by atoms with Crippen molar-refractivity contribution >= 4 is 11.3 Å². The molecule has 2 atom stereocenters. The molecule has 1 aromatic rings. The van der Waals surface area contributed by atoms with E-state index in [4.69, 9.17) is 0 Å². The van der Waals surface area contributed by atoms with E-state index >= 15 is 0 Å². The fraction of sp³-hybridized carbons (Fsp3) is 0.786. The summed E-state index contributed by atoms with van der Waals surface area (Å²) >= 11 is 1.78. The van der Waals surface area contributed by atoms with E-state index in [1.54, 1.807) is 11.3 Å². The third kappa shape index (κ3) is 3.11. The first kappa shape index (κ1) is 14.0. The molecule has 0 aliphatic carbocycles. The quantitative estimate of drug-likeness (QED) is 0.912. The lowest BCUT2D eigenvalue weighted by Gasteiger charge is -2.43. The molecule has 1 aromatic heterocycles. The summed E-state index contributed by atoms with van der Waals surface area (Å²) in [6.07, 6.45) is 3.07. The normalized spacial score (nSPS) is 24.1. The molecule has 1 aliphatic heterocycles.